The molecule has 1 saturated heterocycles. The molecule has 0 saturated carbocycles. The molecule has 1 aliphatic heterocycles. The summed E-state index contributed by atoms with van der Waals surface area (Å²) < 4.78 is 4.97. The molecular weight excluding hydrogens is 181 g/mol. The van der Waals surface area contributed by atoms with E-state index >= 15 is 0 Å². The first kappa shape index (κ1) is 13.3. The predicted molar refractivity (Wildman–Crippen MR) is 50.1 cm³/mol. The van der Waals surface area contributed by atoms with Gasteiger partial charge in [-0.3, -0.25) is 4.90 Å². The molecule has 6 heteroatoms. The van der Waals surface area contributed by atoms with Crippen LogP contribution in [0.1, 0.15) is 20.8 Å². The van der Waals surface area contributed by atoms with Crippen molar-refractivity contribution in [2.75, 3.05) is 6.54 Å². The van der Waals surface area contributed by atoms with E-state index in [1.807, 2.05) is 0 Å². The van der Waals surface area contributed by atoms with Gasteiger partial charge in [0.05, 0.1) is 6.54 Å². The van der Waals surface area contributed by atoms with Crippen LogP contribution in [0.2, 0.25) is 0 Å². The quantitative estimate of drug-likeness (QED) is 0.482. The molecule has 0 unspecified atom stereocenters. The number of aliphatic carboxylic acids is 1. The van der Waals surface area contributed by atoms with Crippen molar-refractivity contribution in [1.29, 1.82) is 0 Å². The van der Waals surface area contributed by atoms with Crippen molar-refractivity contribution in [3.8, 4) is 0 Å². The molecule has 0 aromatic rings. The van der Waals surface area contributed by atoms with Crippen LogP contribution in [0, 0.1) is 0 Å². The van der Waals surface area contributed by atoms with Gasteiger partial charge in [0.15, 0.2) is 6.04 Å². The summed E-state index contributed by atoms with van der Waals surface area (Å²) in [7, 11) is 0. The third-order valence-corrected chi connectivity index (χ3v) is 1.53. The second kappa shape index (κ2) is 4.24. The van der Waals surface area contributed by atoms with Crippen molar-refractivity contribution in [2.24, 2.45) is 0 Å². The van der Waals surface area contributed by atoms with Crippen molar-refractivity contribution < 1.29 is 19.4 Å². The van der Waals surface area contributed by atoms with Crippen molar-refractivity contribution >= 4 is 30.9 Å². The van der Waals surface area contributed by atoms with E-state index in [-0.39, 0.29) is 25.4 Å². The van der Waals surface area contributed by atoms with Gasteiger partial charge in [0, 0.05) is 18.9 Å². The normalized spacial score (nSPS) is 19.6. The molecule has 1 fully saturated rings. The van der Waals surface area contributed by atoms with E-state index in [1.165, 1.54) is 4.90 Å². The molecular formula is C8H13LiNO4. The number of nitrogens with zero attached hydrogens (tertiary/aromatic N) is 1. The van der Waals surface area contributed by atoms with Gasteiger partial charge in [-0.25, -0.2) is 9.59 Å². The van der Waals surface area contributed by atoms with Crippen LogP contribution in [0.15, 0.2) is 0 Å². The zero-order valence-corrected chi connectivity index (χ0v) is 8.90. The third-order valence-electron chi connectivity index (χ3n) is 1.53. The molecule has 75 valence electrons. The number of carbonyl (C=O) groups excluding carboxylic acids is 1. The van der Waals surface area contributed by atoms with E-state index in [1.54, 1.807) is 20.8 Å². The van der Waals surface area contributed by atoms with Crippen LogP contribution < -0.4 is 0 Å². The molecule has 1 rings (SSSR count). The molecule has 0 bridgehead atoms. The van der Waals surface area contributed by atoms with Gasteiger partial charge >= 0.3 is 12.1 Å². The Morgan fingerprint density at radius 3 is 2.21 bits per heavy atom. The van der Waals surface area contributed by atoms with Crippen LogP contribution in [0.25, 0.3) is 0 Å². The van der Waals surface area contributed by atoms with Gasteiger partial charge in [0.2, 0.25) is 0 Å². The second-order valence-corrected chi connectivity index (χ2v) is 3.99. The maximum absolute atomic E-state index is 11.2. The molecule has 14 heavy (non-hydrogen) atoms. The summed E-state index contributed by atoms with van der Waals surface area (Å²) in [6.07, 6.45) is -0.556. The number of ether oxygens (including phenoxy) is 1. The van der Waals surface area contributed by atoms with Crippen molar-refractivity contribution in [3.05, 3.63) is 0 Å². The first-order valence-electron chi connectivity index (χ1n) is 4.04. The van der Waals surface area contributed by atoms with Crippen LogP contribution in [-0.2, 0) is 9.53 Å². The monoisotopic (exact) mass is 194 g/mol. The molecule has 0 aromatic carbocycles. The smallest absolute Gasteiger partial charge is 0.411 e. The molecule has 1 N–H and O–H groups in total. The van der Waals surface area contributed by atoms with Gasteiger partial charge in [0.1, 0.15) is 5.60 Å². The standard InChI is InChI=1S/C8H13NO4.Li/c1-8(2,3)13-7(12)9-4-5(9)6(10)11;/h5H,4H2,1-3H3,(H,10,11);/t5-,9?;/m1./s1. The fourth-order valence-corrected chi connectivity index (χ4v) is 0.873. The third kappa shape index (κ3) is 3.60. The average molecular weight is 194 g/mol. The van der Waals surface area contributed by atoms with E-state index in [9.17, 15) is 9.59 Å². The van der Waals surface area contributed by atoms with Crippen molar-refractivity contribution in [1.82, 2.24) is 4.90 Å². The number of rotatable bonds is 1. The summed E-state index contributed by atoms with van der Waals surface area (Å²) in [6.45, 7) is 5.47. The summed E-state index contributed by atoms with van der Waals surface area (Å²) in [5, 5.41) is 8.52. The van der Waals surface area contributed by atoms with Gasteiger partial charge in [-0.15, -0.1) is 0 Å². The van der Waals surface area contributed by atoms with Crippen LogP contribution >= 0.6 is 0 Å². The van der Waals surface area contributed by atoms with Gasteiger partial charge in [-0.2, -0.15) is 0 Å². The van der Waals surface area contributed by atoms with Crippen LogP contribution in [0.5, 0.6) is 0 Å². The summed E-state index contributed by atoms with van der Waals surface area (Å²) in [5.41, 5.74) is -0.567. The summed E-state index contributed by atoms with van der Waals surface area (Å²) in [5.74, 6) is -0.981. The average Bonchev–Trinajstić information content (AvgIpc) is 2.58. The maximum Gasteiger partial charge on any atom is 0.411 e. The Balaban J connectivity index is 0.00000169. The summed E-state index contributed by atoms with van der Waals surface area (Å²) in [4.78, 5) is 22.7. The molecule has 0 spiro atoms. The second-order valence-electron chi connectivity index (χ2n) is 3.99. The zero-order valence-electron chi connectivity index (χ0n) is 8.90. The van der Waals surface area contributed by atoms with Gasteiger partial charge in [-0.1, -0.05) is 0 Å². The van der Waals surface area contributed by atoms with Gasteiger partial charge in [0.25, 0.3) is 0 Å². The molecule has 5 nitrogen and oxygen atoms in total. The Bertz CT molecular complexity index is 248. The fraction of sp³-hybridized carbons (Fsp3) is 0.750. The molecule has 1 radical (unpaired) electrons. The van der Waals surface area contributed by atoms with Gasteiger partial charge in [-0.05, 0) is 20.8 Å². The summed E-state index contributed by atoms with van der Waals surface area (Å²) in [6, 6.07) is -0.685. The number of carboxylic acids is 1. The predicted octanol–water partition coefficient (Wildman–Crippen LogP) is 0.310. The summed E-state index contributed by atoms with van der Waals surface area (Å²) >= 11 is 0. The minimum atomic E-state index is -0.981. The van der Waals surface area contributed by atoms with E-state index in [0.29, 0.717) is 0 Å². The fourth-order valence-electron chi connectivity index (χ4n) is 0.873. The van der Waals surface area contributed by atoms with Crippen molar-refractivity contribution in [2.45, 2.75) is 32.4 Å². The topological polar surface area (TPSA) is 66.6 Å². The molecule has 0 aliphatic carbocycles. The van der Waals surface area contributed by atoms with Crippen LogP contribution in [0.4, 0.5) is 4.79 Å². The largest absolute Gasteiger partial charge is 0.480 e. The first-order chi connectivity index (χ1) is 5.81. The van der Waals surface area contributed by atoms with E-state index in [4.69, 9.17) is 9.84 Å². The number of amides is 1. The number of hydrogen-bond acceptors (Lipinski definition) is 3. The Kier molecular flexibility index (Phi) is 4.04. The van der Waals surface area contributed by atoms with Crippen molar-refractivity contribution in [3.63, 3.8) is 0 Å². The SMILES string of the molecule is CC(C)(C)OC(=O)N1C[C@@H]1C(=O)O.[Li]. The Morgan fingerprint density at radius 2 is 1.93 bits per heavy atom. The first-order valence-corrected chi connectivity index (χ1v) is 4.04. The molecule has 0 aromatic heterocycles. The zero-order chi connectivity index (χ0) is 10.2. The van der Waals surface area contributed by atoms with Gasteiger partial charge < -0.3 is 9.84 Å². The molecule has 1 heterocycles. The Hall–Kier alpha value is -0.663. The van der Waals surface area contributed by atoms with E-state index < -0.39 is 23.7 Å². The maximum atomic E-state index is 11.2. The molecule has 1 atom stereocenters. The molecule has 1 amide bonds. The number of carboxylic acid groups (broad SMARTS) is 1. The Morgan fingerprint density at radius 1 is 1.43 bits per heavy atom. The molecule has 1 aliphatic rings. The minimum absolute atomic E-state index is 0. The number of hydrogen-bond donors (Lipinski definition) is 1. The number of carbonyl (C=O) groups is 2. The van der Waals surface area contributed by atoms with Crippen LogP contribution in [-0.4, -0.2) is 59.1 Å². The van der Waals surface area contributed by atoms with Crippen LogP contribution in [0.3, 0.4) is 0 Å². The minimum Gasteiger partial charge on any atom is -0.480 e. The Labute approximate surface area is 94.6 Å². The van der Waals surface area contributed by atoms with E-state index in [0.717, 1.165) is 0 Å². The van der Waals surface area contributed by atoms with E-state index in [2.05, 4.69) is 0 Å².